The van der Waals surface area contributed by atoms with Crippen molar-refractivity contribution in [2.24, 2.45) is 5.41 Å². The Bertz CT molecular complexity index is 739. The molecule has 0 atom stereocenters. The van der Waals surface area contributed by atoms with Crippen LogP contribution in [0.3, 0.4) is 0 Å². The van der Waals surface area contributed by atoms with Crippen LogP contribution in [0.15, 0.2) is 0 Å². The molecule has 0 aromatic heterocycles. The van der Waals surface area contributed by atoms with E-state index in [2.05, 4.69) is 0 Å². The number of phosphoric ester groups is 1. The maximum Gasteiger partial charge on any atom is 0.478 e. The molecule has 0 fully saturated rings. The standard InChI is InChI=1S/C22H42NO10P/c1-19(2,3)31-17(26)13-23(14-22(10,11)12-16(24)25)18(27)29-15-30-34(28,32-20(4,5)6)33-21(7,8)9/h12-15H2,1-11H3,(H,24,25). The molecule has 0 bridgehead atoms. The number of carboxylic acid groups (broad SMARTS) is 1. The number of aliphatic carboxylic acids is 1. The molecule has 12 heteroatoms. The lowest BCUT2D eigenvalue weighted by molar-refractivity contribution is -0.156. The molecule has 0 saturated carbocycles. The maximum absolute atomic E-state index is 13.1. The number of carboxylic acids is 1. The quantitative estimate of drug-likeness (QED) is 0.230. The molecule has 1 N–H and O–H groups in total. The van der Waals surface area contributed by atoms with Crippen molar-refractivity contribution in [2.75, 3.05) is 19.9 Å². The first-order valence-electron chi connectivity index (χ1n) is 10.9. The van der Waals surface area contributed by atoms with E-state index in [4.69, 9.17) is 28.2 Å². The molecule has 1 amide bonds. The summed E-state index contributed by atoms with van der Waals surface area (Å²) in [5, 5.41) is 9.15. The van der Waals surface area contributed by atoms with Gasteiger partial charge in [0.1, 0.15) is 12.1 Å². The summed E-state index contributed by atoms with van der Waals surface area (Å²) in [6, 6.07) is 0. The molecule has 0 aliphatic heterocycles. The van der Waals surface area contributed by atoms with E-state index in [0.29, 0.717) is 0 Å². The van der Waals surface area contributed by atoms with Gasteiger partial charge in [-0.2, -0.15) is 0 Å². The summed E-state index contributed by atoms with van der Waals surface area (Å²) in [4.78, 5) is 37.3. The van der Waals surface area contributed by atoms with Crippen LogP contribution < -0.4 is 0 Å². The van der Waals surface area contributed by atoms with E-state index in [9.17, 15) is 18.9 Å². The molecule has 34 heavy (non-hydrogen) atoms. The minimum absolute atomic E-state index is 0.119. The lowest BCUT2D eigenvalue weighted by Crippen LogP contribution is -2.44. The van der Waals surface area contributed by atoms with Crippen molar-refractivity contribution in [1.82, 2.24) is 4.90 Å². The van der Waals surface area contributed by atoms with Gasteiger partial charge in [0.25, 0.3) is 0 Å². The van der Waals surface area contributed by atoms with Gasteiger partial charge in [-0.05, 0) is 67.7 Å². The lowest BCUT2D eigenvalue weighted by atomic mass is 9.89. The Hall–Kier alpha value is -1.68. The number of hydrogen-bond acceptors (Lipinski definition) is 9. The molecule has 200 valence electrons. The van der Waals surface area contributed by atoms with Crippen LogP contribution in [0.2, 0.25) is 0 Å². The van der Waals surface area contributed by atoms with Gasteiger partial charge in [0.05, 0.1) is 17.6 Å². The number of phosphoric acid groups is 1. The van der Waals surface area contributed by atoms with E-state index < -0.39 is 61.4 Å². The molecule has 0 rings (SSSR count). The SMILES string of the molecule is CC(C)(CC(=O)O)CN(CC(=O)OC(C)(C)C)C(=O)OCOP(=O)(OC(C)(C)C)OC(C)(C)C. The van der Waals surface area contributed by atoms with Crippen LogP contribution >= 0.6 is 7.82 Å². The average molecular weight is 512 g/mol. The second-order valence-electron chi connectivity index (χ2n) is 11.7. The van der Waals surface area contributed by atoms with Crippen molar-refractivity contribution < 1.29 is 47.1 Å². The summed E-state index contributed by atoms with van der Waals surface area (Å²) in [7, 11) is -4.13. The summed E-state index contributed by atoms with van der Waals surface area (Å²) in [5.41, 5.74) is -3.43. The third kappa shape index (κ3) is 16.0. The molecule has 0 spiro atoms. The topological polar surface area (TPSA) is 138 Å². The van der Waals surface area contributed by atoms with Gasteiger partial charge in [0, 0.05) is 6.54 Å². The monoisotopic (exact) mass is 511 g/mol. The third-order valence-electron chi connectivity index (χ3n) is 3.41. The highest BCUT2D eigenvalue weighted by atomic mass is 31.2. The number of rotatable bonds is 11. The van der Waals surface area contributed by atoms with Gasteiger partial charge in [-0.25, -0.2) is 13.9 Å². The molecule has 0 aromatic rings. The molecule has 0 saturated heterocycles. The smallest absolute Gasteiger partial charge is 0.478 e. The summed E-state index contributed by atoms with van der Waals surface area (Å²) in [6.45, 7) is 16.9. The van der Waals surface area contributed by atoms with Crippen molar-refractivity contribution in [1.29, 1.82) is 0 Å². The van der Waals surface area contributed by atoms with Gasteiger partial charge >= 0.3 is 25.9 Å². The minimum Gasteiger partial charge on any atom is -0.481 e. The Morgan fingerprint density at radius 1 is 0.824 bits per heavy atom. The van der Waals surface area contributed by atoms with E-state index in [0.717, 1.165) is 4.90 Å². The van der Waals surface area contributed by atoms with E-state index in [1.54, 1.807) is 76.2 Å². The summed E-state index contributed by atoms with van der Waals surface area (Å²) < 4.78 is 39.5. The lowest BCUT2D eigenvalue weighted by Gasteiger charge is -2.32. The number of amides is 1. The first-order chi connectivity index (χ1) is 14.9. The highest BCUT2D eigenvalue weighted by Crippen LogP contribution is 2.55. The highest BCUT2D eigenvalue weighted by molar-refractivity contribution is 7.48. The molecule has 0 unspecified atom stereocenters. The van der Waals surface area contributed by atoms with Crippen LogP contribution in [0.1, 0.15) is 82.6 Å². The summed E-state index contributed by atoms with van der Waals surface area (Å²) in [5.74, 6) is -1.76. The fourth-order valence-corrected chi connectivity index (χ4v) is 4.34. The van der Waals surface area contributed by atoms with Crippen molar-refractivity contribution >= 4 is 25.9 Å². The third-order valence-corrected chi connectivity index (χ3v) is 5.38. The first kappa shape index (κ1) is 32.3. The number of nitrogens with zero attached hydrogens (tertiary/aromatic N) is 1. The fourth-order valence-electron chi connectivity index (χ4n) is 2.67. The Morgan fingerprint density at radius 3 is 1.68 bits per heavy atom. The number of esters is 1. The molecule has 0 aromatic carbocycles. The van der Waals surface area contributed by atoms with Crippen LogP contribution in [-0.4, -0.2) is 64.7 Å². The Morgan fingerprint density at radius 2 is 1.29 bits per heavy atom. The van der Waals surface area contributed by atoms with E-state index in [-0.39, 0.29) is 13.0 Å². The second-order valence-corrected chi connectivity index (χ2v) is 13.2. The Balaban J connectivity index is 5.48. The zero-order valence-electron chi connectivity index (χ0n) is 22.3. The normalized spacial score (nSPS) is 13.4. The maximum atomic E-state index is 13.1. The van der Waals surface area contributed by atoms with Crippen LogP contribution in [0.5, 0.6) is 0 Å². The zero-order chi connectivity index (χ0) is 27.2. The summed E-state index contributed by atoms with van der Waals surface area (Å²) in [6.07, 6.45) is -1.24. The molecule has 0 radical (unpaired) electrons. The van der Waals surface area contributed by atoms with E-state index >= 15 is 0 Å². The van der Waals surface area contributed by atoms with Gasteiger partial charge in [-0.15, -0.1) is 0 Å². The summed E-state index contributed by atoms with van der Waals surface area (Å²) >= 11 is 0. The van der Waals surface area contributed by atoms with Gasteiger partial charge in [-0.3, -0.25) is 23.5 Å². The van der Waals surface area contributed by atoms with Crippen LogP contribution in [0.4, 0.5) is 4.79 Å². The van der Waals surface area contributed by atoms with Gasteiger partial charge < -0.3 is 14.6 Å². The Kier molecular flexibility index (Phi) is 11.3. The van der Waals surface area contributed by atoms with Crippen molar-refractivity contribution in [3.05, 3.63) is 0 Å². The molecule has 0 aliphatic carbocycles. The predicted octanol–water partition coefficient (Wildman–Crippen LogP) is 4.98. The van der Waals surface area contributed by atoms with Crippen LogP contribution in [0, 0.1) is 5.41 Å². The molecule has 0 aliphatic rings. The fraction of sp³-hybridized carbons (Fsp3) is 0.864. The Labute approximate surface area is 203 Å². The van der Waals surface area contributed by atoms with E-state index in [1.165, 1.54) is 0 Å². The largest absolute Gasteiger partial charge is 0.481 e. The van der Waals surface area contributed by atoms with Gasteiger partial charge in [-0.1, -0.05) is 13.8 Å². The predicted molar refractivity (Wildman–Crippen MR) is 125 cm³/mol. The number of carbonyl (C=O) groups excluding carboxylic acids is 2. The molecular weight excluding hydrogens is 469 g/mol. The molecule has 11 nitrogen and oxygen atoms in total. The molecular formula is C22H42NO10P. The zero-order valence-corrected chi connectivity index (χ0v) is 23.2. The van der Waals surface area contributed by atoms with Crippen molar-refractivity contribution in [3.8, 4) is 0 Å². The van der Waals surface area contributed by atoms with Gasteiger partial charge in [0.2, 0.25) is 6.79 Å². The number of carbonyl (C=O) groups is 3. The highest BCUT2D eigenvalue weighted by Gasteiger charge is 2.38. The number of hydrogen-bond donors (Lipinski definition) is 1. The molecule has 0 heterocycles. The first-order valence-corrected chi connectivity index (χ1v) is 12.4. The van der Waals surface area contributed by atoms with E-state index in [1.807, 2.05) is 0 Å². The van der Waals surface area contributed by atoms with Crippen LogP contribution in [0.25, 0.3) is 0 Å². The average Bonchev–Trinajstić information content (AvgIpc) is 2.46. The van der Waals surface area contributed by atoms with Crippen LogP contribution in [-0.2, 0) is 37.2 Å². The van der Waals surface area contributed by atoms with Crippen molar-refractivity contribution in [3.63, 3.8) is 0 Å². The number of ether oxygens (including phenoxy) is 2. The minimum atomic E-state index is -4.13. The van der Waals surface area contributed by atoms with Crippen molar-refractivity contribution in [2.45, 2.75) is 99.4 Å². The second kappa shape index (κ2) is 11.8. The van der Waals surface area contributed by atoms with Gasteiger partial charge in [0.15, 0.2) is 0 Å².